The number of aryl methyl sites for hydroxylation is 1. The van der Waals surface area contributed by atoms with Crippen LogP contribution in [0.3, 0.4) is 0 Å². The summed E-state index contributed by atoms with van der Waals surface area (Å²) in [6.07, 6.45) is 2.93. The molecule has 0 aliphatic carbocycles. The van der Waals surface area contributed by atoms with Gasteiger partial charge in [0, 0.05) is 6.08 Å². The number of hydrogen-bond acceptors (Lipinski definition) is 3. The minimum absolute atomic E-state index is 0.0189. The standard InChI is InChI=1S/C17H16N2O2/c1-12-6-3-4-8-16(12)13(2)19-17(20)14(11-18)10-15-7-5-9-21-15/h3-10,13H,1-2H3,(H,19,20)/b14-10-. The van der Waals surface area contributed by atoms with Crippen molar-refractivity contribution >= 4 is 12.0 Å². The molecule has 0 bridgehead atoms. The molecule has 0 fully saturated rings. The maximum Gasteiger partial charge on any atom is 0.262 e. The van der Waals surface area contributed by atoms with Gasteiger partial charge >= 0.3 is 0 Å². The SMILES string of the molecule is Cc1ccccc1C(C)NC(=O)/C(C#N)=C\c1ccco1. The Kier molecular flexibility index (Phi) is 4.57. The van der Waals surface area contributed by atoms with Gasteiger partial charge in [0.2, 0.25) is 0 Å². The number of rotatable bonds is 4. The fourth-order valence-corrected chi connectivity index (χ4v) is 2.09. The van der Waals surface area contributed by atoms with Crippen LogP contribution in [-0.2, 0) is 4.79 Å². The van der Waals surface area contributed by atoms with Crippen molar-refractivity contribution in [1.82, 2.24) is 5.32 Å². The van der Waals surface area contributed by atoms with Crippen LogP contribution in [0, 0.1) is 18.3 Å². The van der Waals surface area contributed by atoms with E-state index in [-0.39, 0.29) is 11.6 Å². The molecular weight excluding hydrogens is 264 g/mol. The molecule has 1 atom stereocenters. The molecule has 1 aromatic carbocycles. The van der Waals surface area contributed by atoms with Crippen LogP contribution in [0.25, 0.3) is 6.08 Å². The fourth-order valence-electron chi connectivity index (χ4n) is 2.09. The molecule has 2 aromatic rings. The molecule has 1 unspecified atom stereocenters. The summed E-state index contributed by atoms with van der Waals surface area (Å²) in [5.41, 5.74) is 2.14. The Morgan fingerprint density at radius 1 is 1.33 bits per heavy atom. The maximum absolute atomic E-state index is 12.2. The van der Waals surface area contributed by atoms with Crippen molar-refractivity contribution in [3.63, 3.8) is 0 Å². The second-order valence-electron chi connectivity index (χ2n) is 4.74. The third-order valence-electron chi connectivity index (χ3n) is 3.20. The smallest absolute Gasteiger partial charge is 0.262 e. The number of furan rings is 1. The summed E-state index contributed by atoms with van der Waals surface area (Å²) >= 11 is 0. The van der Waals surface area contributed by atoms with E-state index in [1.165, 1.54) is 12.3 Å². The number of carbonyl (C=O) groups is 1. The molecule has 0 aliphatic heterocycles. The Hall–Kier alpha value is -2.80. The molecule has 0 saturated carbocycles. The summed E-state index contributed by atoms with van der Waals surface area (Å²) in [4.78, 5) is 12.2. The molecule has 0 radical (unpaired) electrons. The van der Waals surface area contributed by atoms with Crippen molar-refractivity contribution in [1.29, 1.82) is 5.26 Å². The van der Waals surface area contributed by atoms with Gasteiger partial charge in [0.25, 0.3) is 5.91 Å². The fraction of sp³-hybridized carbons (Fsp3) is 0.176. The number of carbonyl (C=O) groups excluding carboxylic acids is 1. The summed E-state index contributed by atoms with van der Waals surface area (Å²) in [6.45, 7) is 3.88. The van der Waals surface area contributed by atoms with Crippen LogP contribution in [0.5, 0.6) is 0 Å². The van der Waals surface area contributed by atoms with E-state index in [4.69, 9.17) is 9.68 Å². The van der Waals surface area contributed by atoms with Crippen LogP contribution >= 0.6 is 0 Å². The van der Waals surface area contributed by atoms with E-state index in [1.54, 1.807) is 12.1 Å². The highest BCUT2D eigenvalue weighted by Crippen LogP contribution is 2.17. The van der Waals surface area contributed by atoms with Crippen molar-refractivity contribution in [3.8, 4) is 6.07 Å². The van der Waals surface area contributed by atoms with E-state index in [9.17, 15) is 4.79 Å². The lowest BCUT2D eigenvalue weighted by Crippen LogP contribution is -2.28. The first-order valence-corrected chi connectivity index (χ1v) is 6.63. The van der Waals surface area contributed by atoms with Gasteiger partial charge in [-0.2, -0.15) is 5.26 Å². The molecule has 106 valence electrons. The predicted octanol–water partition coefficient (Wildman–Crippen LogP) is 3.37. The highest BCUT2D eigenvalue weighted by Gasteiger charge is 2.15. The average Bonchev–Trinajstić information content (AvgIpc) is 2.98. The van der Waals surface area contributed by atoms with Crippen molar-refractivity contribution in [2.24, 2.45) is 0 Å². The monoisotopic (exact) mass is 280 g/mol. The first kappa shape index (κ1) is 14.6. The van der Waals surface area contributed by atoms with Gasteiger partial charge in [0.1, 0.15) is 17.4 Å². The van der Waals surface area contributed by atoms with Crippen LogP contribution < -0.4 is 5.32 Å². The minimum Gasteiger partial charge on any atom is -0.465 e. The van der Waals surface area contributed by atoms with Crippen LogP contribution in [0.15, 0.2) is 52.7 Å². The Morgan fingerprint density at radius 3 is 2.71 bits per heavy atom. The molecule has 1 N–H and O–H groups in total. The lowest BCUT2D eigenvalue weighted by atomic mass is 10.0. The second-order valence-corrected chi connectivity index (χ2v) is 4.74. The molecule has 1 aromatic heterocycles. The number of hydrogen-bond donors (Lipinski definition) is 1. The second kappa shape index (κ2) is 6.58. The quantitative estimate of drug-likeness (QED) is 0.689. The number of nitrogens with zero attached hydrogens (tertiary/aromatic N) is 1. The van der Waals surface area contributed by atoms with Crippen molar-refractivity contribution in [2.75, 3.05) is 0 Å². The third-order valence-corrected chi connectivity index (χ3v) is 3.20. The summed E-state index contributed by atoms with van der Waals surface area (Å²) in [7, 11) is 0. The number of benzene rings is 1. The molecule has 2 rings (SSSR count). The summed E-state index contributed by atoms with van der Waals surface area (Å²) in [5, 5.41) is 11.9. The summed E-state index contributed by atoms with van der Waals surface area (Å²) < 4.78 is 5.12. The Balaban J connectivity index is 2.14. The number of nitriles is 1. The van der Waals surface area contributed by atoms with Crippen molar-refractivity contribution in [3.05, 3.63) is 65.1 Å². The zero-order valence-corrected chi connectivity index (χ0v) is 12.0. The molecule has 1 amide bonds. The topological polar surface area (TPSA) is 66.0 Å². The lowest BCUT2D eigenvalue weighted by Gasteiger charge is -2.16. The van der Waals surface area contributed by atoms with Gasteiger partial charge in [-0.05, 0) is 37.1 Å². The lowest BCUT2D eigenvalue weighted by molar-refractivity contribution is -0.117. The van der Waals surface area contributed by atoms with Crippen molar-refractivity contribution in [2.45, 2.75) is 19.9 Å². The highest BCUT2D eigenvalue weighted by atomic mass is 16.3. The zero-order valence-electron chi connectivity index (χ0n) is 12.0. The van der Waals surface area contributed by atoms with E-state index in [2.05, 4.69) is 5.32 Å². The van der Waals surface area contributed by atoms with Gasteiger partial charge in [-0.3, -0.25) is 4.79 Å². The van der Waals surface area contributed by atoms with E-state index in [1.807, 2.05) is 44.2 Å². The minimum atomic E-state index is -0.412. The predicted molar refractivity (Wildman–Crippen MR) is 80.0 cm³/mol. The van der Waals surface area contributed by atoms with E-state index < -0.39 is 5.91 Å². The van der Waals surface area contributed by atoms with Gasteiger partial charge in [-0.15, -0.1) is 0 Å². The molecule has 4 nitrogen and oxygen atoms in total. The number of nitrogens with one attached hydrogen (secondary N) is 1. The van der Waals surface area contributed by atoms with Crippen LogP contribution in [0.2, 0.25) is 0 Å². The maximum atomic E-state index is 12.2. The van der Waals surface area contributed by atoms with Gasteiger partial charge in [0.15, 0.2) is 0 Å². The Labute approximate surface area is 123 Å². The Morgan fingerprint density at radius 2 is 2.10 bits per heavy atom. The molecule has 0 saturated heterocycles. The van der Waals surface area contributed by atoms with Crippen molar-refractivity contribution < 1.29 is 9.21 Å². The largest absolute Gasteiger partial charge is 0.465 e. The van der Waals surface area contributed by atoms with E-state index >= 15 is 0 Å². The third kappa shape index (κ3) is 3.61. The van der Waals surface area contributed by atoms with Crippen LogP contribution in [0.1, 0.15) is 29.9 Å². The number of amides is 1. The first-order valence-electron chi connectivity index (χ1n) is 6.63. The zero-order chi connectivity index (χ0) is 15.2. The average molecular weight is 280 g/mol. The van der Waals surface area contributed by atoms with Gasteiger partial charge in [-0.25, -0.2) is 0 Å². The highest BCUT2D eigenvalue weighted by molar-refractivity contribution is 6.01. The van der Waals surface area contributed by atoms with E-state index in [0.717, 1.165) is 11.1 Å². The first-order chi connectivity index (χ1) is 10.1. The van der Waals surface area contributed by atoms with Gasteiger partial charge in [0.05, 0.1) is 12.3 Å². The molecule has 21 heavy (non-hydrogen) atoms. The Bertz CT molecular complexity index is 694. The van der Waals surface area contributed by atoms with Gasteiger partial charge < -0.3 is 9.73 Å². The van der Waals surface area contributed by atoms with Crippen LogP contribution in [0.4, 0.5) is 0 Å². The van der Waals surface area contributed by atoms with E-state index in [0.29, 0.717) is 5.76 Å². The normalized spacial score (nSPS) is 12.5. The molecule has 0 aliphatic rings. The molecular formula is C17H16N2O2. The van der Waals surface area contributed by atoms with Crippen LogP contribution in [-0.4, -0.2) is 5.91 Å². The molecule has 1 heterocycles. The van der Waals surface area contributed by atoms with Gasteiger partial charge in [-0.1, -0.05) is 24.3 Å². The summed E-state index contributed by atoms with van der Waals surface area (Å²) in [6, 6.07) is 12.9. The molecule has 0 spiro atoms. The summed E-state index contributed by atoms with van der Waals surface area (Å²) in [5.74, 6) is 0.0647. The molecule has 4 heteroatoms.